The molecule has 0 aliphatic carbocycles. The number of nitrogens with zero attached hydrogens (tertiary/aromatic N) is 2. The molecule has 0 atom stereocenters. The van der Waals surface area contributed by atoms with Crippen LogP contribution in [-0.2, 0) is 9.53 Å². The molecule has 2 heterocycles. The summed E-state index contributed by atoms with van der Waals surface area (Å²) in [5.74, 6) is -1.28. The van der Waals surface area contributed by atoms with Gasteiger partial charge in [0, 0.05) is 13.1 Å². The Hall–Kier alpha value is -2.09. The number of carbonyl (C=O) groups excluding carboxylic acids is 1. The van der Waals surface area contributed by atoms with Crippen LogP contribution in [0.1, 0.15) is 10.5 Å². The summed E-state index contributed by atoms with van der Waals surface area (Å²) in [7, 11) is 0. The molecule has 2 N–H and O–H groups in total. The molecule has 0 unspecified atom stereocenters. The maximum absolute atomic E-state index is 11.7. The number of hydrogen-bond acceptors (Lipinski definition) is 6. The normalized spacial score (nSPS) is 15.4. The zero-order valence-corrected chi connectivity index (χ0v) is 9.59. The summed E-state index contributed by atoms with van der Waals surface area (Å²) in [6, 6.07) is 0.0222. The highest BCUT2D eigenvalue weighted by molar-refractivity contribution is 5.85. The number of carboxylic acid groups (broad SMARTS) is 1. The van der Waals surface area contributed by atoms with E-state index in [1.165, 1.54) is 0 Å². The van der Waals surface area contributed by atoms with Gasteiger partial charge < -0.3 is 24.5 Å². The molecule has 1 aromatic heterocycles. The Morgan fingerprint density at radius 2 is 2.17 bits per heavy atom. The van der Waals surface area contributed by atoms with Crippen LogP contribution in [0.2, 0.25) is 0 Å². The first-order chi connectivity index (χ1) is 8.66. The Morgan fingerprint density at radius 3 is 2.78 bits per heavy atom. The smallest absolute Gasteiger partial charge is 0.357 e. The van der Waals surface area contributed by atoms with E-state index in [9.17, 15) is 9.59 Å². The maximum Gasteiger partial charge on any atom is 0.357 e. The van der Waals surface area contributed by atoms with Crippen molar-refractivity contribution in [2.75, 3.05) is 38.2 Å². The summed E-state index contributed by atoms with van der Waals surface area (Å²) in [4.78, 5) is 27.6. The maximum atomic E-state index is 11.7. The number of rotatable bonds is 4. The van der Waals surface area contributed by atoms with Gasteiger partial charge in [0.2, 0.25) is 5.91 Å². The third kappa shape index (κ3) is 2.98. The van der Waals surface area contributed by atoms with Crippen LogP contribution in [0, 0.1) is 0 Å². The van der Waals surface area contributed by atoms with Crippen LogP contribution in [0.4, 0.5) is 6.01 Å². The van der Waals surface area contributed by atoms with Gasteiger partial charge in [-0.15, -0.1) is 0 Å². The van der Waals surface area contributed by atoms with Crippen molar-refractivity contribution in [3.8, 4) is 0 Å². The number of aromatic carboxylic acids is 1. The van der Waals surface area contributed by atoms with Gasteiger partial charge in [0.05, 0.1) is 19.8 Å². The predicted octanol–water partition coefficient (Wildman–Crippen LogP) is -0.357. The Morgan fingerprint density at radius 1 is 1.44 bits per heavy atom. The van der Waals surface area contributed by atoms with Crippen molar-refractivity contribution < 1.29 is 23.8 Å². The molecule has 1 aromatic rings. The zero-order valence-electron chi connectivity index (χ0n) is 9.59. The lowest BCUT2D eigenvalue weighted by molar-refractivity contribution is -0.133. The van der Waals surface area contributed by atoms with Crippen molar-refractivity contribution >= 4 is 17.9 Å². The average molecular weight is 255 g/mol. The fraction of sp³-hybridized carbons (Fsp3) is 0.500. The third-order valence-electron chi connectivity index (χ3n) is 2.48. The first kappa shape index (κ1) is 12.4. The van der Waals surface area contributed by atoms with Crippen LogP contribution in [0.5, 0.6) is 0 Å². The van der Waals surface area contributed by atoms with Crippen molar-refractivity contribution in [2.45, 2.75) is 0 Å². The number of hydrogen-bond donors (Lipinski definition) is 2. The number of oxazole rings is 1. The number of amides is 1. The molecule has 8 heteroatoms. The monoisotopic (exact) mass is 255 g/mol. The van der Waals surface area contributed by atoms with Crippen LogP contribution >= 0.6 is 0 Å². The molecule has 1 fully saturated rings. The van der Waals surface area contributed by atoms with Gasteiger partial charge >= 0.3 is 5.97 Å². The molecule has 8 nitrogen and oxygen atoms in total. The molecule has 1 aliphatic heterocycles. The lowest BCUT2D eigenvalue weighted by Crippen LogP contribution is -2.43. The van der Waals surface area contributed by atoms with Gasteiger partial charge in [-0.25, -0.2) is 4.79 Å². The molecule has 0 bridgehead atoms. The molecule has 18 heavy (non-hydrogen) atoms. The van der Waals surface area contributed by atoms with E-state index in [-0.39, 0.29) is 24.2 Å². The van der Waals surface area contributed by atoms with E-state index in [4.69, 9.17) is 14.3 Å². The second kappa shape index (κ2) is 5.50. The molecule has 0 saturated carbocycles. The van der Waals surface area contributed by atoms with E-state index in [1.54, 1.807) is 4.90 Å². The number of carboxylic acids is 1. The van der Waals surface area contributed by atoms with Crippen molar-refractivity contribution in [3.63, 3.8) is 0 Å². The molecule has 0 radical (unpaired) electrons. The summed E-state index contributed by atoms with van der Waals surface area (Å²) in [6.07, 6.45) is 1.02. The van der Waals surface area contributed by atoms with E-state index < -0.39 is 5.97 Å². The second-order valence-corrected chi connectivity index (χ2v) is 3.69. The molecular formula is C10H13N3O5. The van der Waals surface area contributed by atoms with Gasteiger partial charge in [0.15, 0.2) is 5.69 Å². The van der Waals surface area contributed by atoms with Crippen molar-refractivity contribution in [1.29, 1.82) is 0 Å². The first-order valence-electron chi connectivity index (χ1n) is 5.45. The summed E-state index contributed by atoms with van der Waals surface area (Å²) >= 11 is 0. The van der Waals surface area contributed by atoms with Crippen molar-refractivity contribution in [3.05, 3.63) is 12.0 Å². The molecule has 0 spiro atoms. The van der Waals surface area contributed by atoms with Gasteiger partial charge in [0.25, 0.3) is 6.01 Å². The summed E-state index contributed by atoms with van der Waals surface area (Å²) in [5.41, 5.74) is -0.198. The third-order valence-corrected chi connectivity index (χ3v) is 2.48. The van der Waals surface area contributed by atoms with E-state index in [0.29, 0.717) is 26.3 Å². The molecule has 1 saturated heterocycles. The Balaban J connectivity index is 1.82. The quantitative estimate of drug-likeness (QED) is 0.757. The molecular weight excluding hydrogens is 242 g/mol. The SMILES string of the molecule is O=C(O)c1coc(NCC(=O)N2CCOCC2)n1. The van der Waals surface area contributed by atoms with Crippen molar-refractivity contribution in [2.24, 2.45) is 0 Å². The Bertz CT molecular complexity index is 438. The van der Waals surface area contributed by atoms with E-state index in [1.807, 2.05) is 0 Å². The number of anilines is 1. The highest BCUT2D eigenvalue weighted by Crippen LogP contribution is 2.07. The molecule has 98 valence electrons. The second-order valence-electron chi connectivity index (χ2n) is 3.69. The van der Waals surface area contributed by atoms with E-state index >= 15 is 0 Å². The average Bonchev–Trinajstić information content (AvgIpc) is 2.86. The van der Waals surface area contributed by atoms with Crippen LogP contribution in [-0.4, -0.2) is 59.7 Å². The minimum atomic E-state index is -1.17. The van der Waals surface area contributed by atoms with Crippen LogP contribution in [0.15, 0.2) is 10.7 Å². The number of morpholine rings is 1. The Labute approximate surface area is 103 Å². The van der Waals surface area contributed by atoms with E-state index in [0.717, 1.165) is 6.26 Å². The highest BCUT2D eigenvalue weighted by Gasteiger charge is 2.17. The lowest BCUT2D eigenvalue weighted by atomic mass is 10.4. The summed E-state index contributed by atoms with van der Waals surface area (Å²) in [5, 5.41) is 11.3. The van der Waals surface area contributed by atoms with Crippen LogP contribution in [0.25, 0.3) is 0 Å². The number of ether oxygens (including phenoxy) is 1. The van der Waals surface area contributed by atoms with Gasteiger partial charge in [-0.1, -0.05) is 0 Å². The Kier molecular flexibility index (Phi) is 3.78. The van der Waals surface area contributed by atoms with Crippen LogP contribution < -0.4 is 5.32 Å². The first-order valence-corrected chi connectivity index (χ1v) is 5.45. The van der Waals surface area contributed by atoms with Crippen LogP contribution in [0.3, 0.4) is 0 Å². The lowest BCUT2D eigenvalue weighted by Gasteiger charge is -2.26. The van der Waals surface area contributed by atoms with Gasteiger partial charge in [-0.2, -0.15) is 4.98 Å². The predicted molar refractivity (Wildman–Crippen MR) is 59.4 cm³/mol. The van der Waals surface area contributed by atoms with Gasteiger partial charge in [-0.3, -0.25) is 4.79 Å². The van der Waals surface area contributed by atoms with Gasteiger partial charge in [0.1, 0.15) is 6.26 Å². The summed E-state index contributed by atoms with van der Waals surface area (Å²) < 4.78 is 10.00. The number of aromatic nitrogens is 1. The minimum Gasteiger partial charge on any atom is -0.476 e. The topological polar surface area (TPSA) is 105 Å². The molecule has 1 amide bonds. The fourth-order valence-corrected chi connectivity index (χ4v) is 1.53. The van der Waals surface area contributed by atoms with Gasteiger partial charge in [-0.05, 0) is 0 Å². The van der Waals surface area contributed by atoms with E-state index in [2.05, 4.69) is 10.3 Å². The fourth-order valence-electron chi connectivity index (χ4n) is 1.53. The number of carbonyl (C=O) groups is 2. The molecule has 2 rings (SSSR count). The minimum absolute atomic E-state index is 0.0135. The molecule has 1 aliphatic rings. The molecule has 0 aromatic carbocycles. The summed E-state index contributed by atoms with van der Waals surface area (Å²) in [6.45, 7) is 2.21. The highest BCUT2D eigenvalue weighted by atomic mass is 16.5. The standard InChI is InChI=1S/C10H13N3O5/c14-8(13-1-3-17-4-2-13)5-11-10-12-7(6-18-10)9(15)16/h6H,1-5H2,(H,11,12)(H,15,16). The van der Waals surface area contributed by atoms with Crippen molar-refractivity contribution in [1.82, 2.24) is 9.88 Å². The number of nitrogens with one attached hydrogen (secondary N) is 1. The zero-order chi connectivity index (χ0) is 13.0. The largest absolute Gasteiger partial charge is 0.476 e.